The van der Waals surface area contributed by atoms with E-state index in [1.807, 2.05) is 24.3 Å². The Labute approximate surface area is 174 Å². The van der Waals surface area contributed by atoms with Gasteiger partial charge in [0, 0.05) is 11.5 Å². The van der Waals surface area contributed by atoms with Gasteiger partial charge >= 0.3 is 6.09 Å². The van der Waals surface area contributed by atoms with Gasteiger partial charge in [-0.15, -0.1) is 0 Å². The summed E-state index contributed by atoms with van der Waals surface area (Å²) in [6.07, 6.45) is -0.516. The molecule has 3 aromatic carbocycles. The lowest BCUT2D eigenvalue weighted by Gasteiger charge is -2.14. The predicted molar refractivity (Wildman–Crippen MR) is 113 cm³/mol. The van der Waals surface area contributed by atoms with E-state index in [0.29, 0.717) is 10.6 Å². The highest BCUT2D eigenvalue weighted by molar-refractivity contribution is 6.31. The summed E-state index contributed by atoms with van der Waals surface area (Å²) < 4.78 is 5.45. The van der Waals surface area contributed by atoms with Gasteiger partial charge in [-0.3, -0.25) is 0 Å². The van der Waals surface area contributed by atoms with Crippen molar-refractivity contribution < 1.29 is 14.6 Å². The van der Waals surface area contributed by atoms with Crippen molar-refractivity contribution in [3.63, 3.8) is 0 Å². The van der Waals surface area contributed by atoms with Crippen LogP contribution in [0.4, 0.5) is 4.79 Å². The first kappa shape index (κ1) is 18.9. The van der Waals surface area contributed by atoms with Gasteiger partial charge in [-0.25, -0.2) is 4.79 Å². The Morgan fingerprint density at radius 1 is 1.03 bits per heavy atom. The molecule has 1 aliphatic carbocycles. The zero-order valence-electron chi connectivity index (χ0n) is 15.5. The number of alkyl carbamates (subject to hydrolysis) is 1. The molecule has 0 unspecified atom stereocenters. The summed E-state index contributed by atoms with van der Waals surface area (Å²) in [7, 11) is 0. The molecule has 4 nitrogen and oxygen atoms in total. The molecule has 3 aromatic rings. The van der Waals surface area contributed by atoms with Gasteiger partial charge in [0.05, 0.1) is 11.6 Å². The number of halogens is 1. The van der Waals surface area contributed by atoms with Gasteiger partial charge in [-0.05, 0) is 40.5 Å². The largest absolute Gasteiger partial charge is 0.508 e. The molecule has 0 saturated heterocycles. The number of hydrogen-bond acceptors (Lipinski definition) is 3. The summed E-state index contributed by atoms with van der Waals surface area (Å²) in [4.78, 5) is 12.1. The third-order valence-electron chi connectivity index (χ3n) is 4.84. The molecule has 1 amide bonds. The molecule has 5 heteroatoms. The van der Waals surface area contributed by atoms with E-state index in [2.05, 4.69) is 41.4 Å². The normalized spacial score (nSPS) is 11.8. The third-order valence-corrected chi connectivity index (χ3v) is 5.15. The Hall–Kier alpha value is -3.42. The van der Waals surface area contributed by atoms with E-state index in [0.717, 1.165) is 0 Å². The van der Waals surface area contributed by atoms with E-state index in [1.165, 1.54) is 34.4 Å². The molecule has 0 fully saturated rings. The Morgan fingerprint density at radius 3 is 2.34 bits per heavy atom. The molecule has 0 saturated carbocycles. The second-order valence-corrected chi connectivity index (χ2v) is 7.05. The average Bonchev–Trinajstić information content (AvgIpc) is 3.05. The van der Waals surface area contributed by atoms with Crippen molar-refractivity contribution in [1.29, 1.82) is 0 Å². The van der Waals surface area contributed by atoms with Crippen LogP contribution in [0.25, 0.3) is 11.1 Å². The number of amides is 1. The lowest BCUT2D eigenvalue weighted by atomic mass is 9.98. The molecule has 0 radical (unpaired) electrons. The summed E-state index contributed by atoms with van der Waals surface area (Å²) in [6.45, 7) is 0.394. The lowest BCUT2D eigenvalue weighted by molar-refractivity contribution is 0.144. The van der Waals surface area contributed by atoms with Crippen molar-refractivity contribution in [1.82, 2.24) is 5.32 Å². The molecular formula is C24H18ClNO3. The molecule has 0 atom stereocenters. The number of ether oxygens (including phenoxy) is 1. The minimum atomic E-state index is -0.516. The van der Waals surface area contributed by atoms with Crippen molar-refractivity contribution in [3.8, 4) is 28.7 Å². The maximum atomic E-state index is 12.1. The first-order valence-corrected chi connectivity index (χ1v) is 9.57. The zero-order valence-corrected chi connectivity index (χ0v) is 16.2. The fourth-order valence-corrected chi connectivity index (χ4v) is 3.73. The van der Waals surface area contributed by atoms with Crippen LogP contribution in [0.2, 0.25) is 5.02 Å². The molecule has 0 bridgehead atoms. The van der Waals surface area contributed by atoms with Crippen LogP contribution in [-0.4, -0.2) is 24.4 Å². The number of rotatable bonds is 3. The van der Waals surface area contributed by atoms with E-state index in [1.54, 1.807) is 6.07 Å². The molecule has 29 heavy (non-hydrogen) atoms. The topological polar surface area (TPSA) is 58.6 Å². The van der Waals surface area contributed by atoms with Crippen LogP contribution >= 0.6 is 11.6 Å². The smallest absolute Gasteiger partial charge is 0.407 e. The molecule has 0 heterocycles. The fourth-order valence-electron chi connectivity index (χ4n) is 3.51. The fraction of sp³-hybridized carbons (Fsp3) is 0.125. The van der Waals surface area contributed by atoms with E-state index < -0.39 is 6.09 Å². The maximum Gasteiger partial charge on any atom is 0.407 e. The van der Waals surface area contributed by atoms with Gasteiger partial charge in [-0.2, -0.15) is 0 Å². The highest BCUT2D eigenvalue weighted by Gasteiger charge is 2.28. The van der Waals surface area contributed by atoms with Gasteiger partial charge in [0.2, 0.25) is 0 Å². The number of carbonyl (C=O) groups is 1. The number of hydrogen-bond donors (Lipinski definition) is 2. The van der Waals surface area contributed by atoms with Gasteiger partial charge in [-0.1, -0.05) is 72.0 Å². The van der Waals surface area contributed by atoms with E-state index >= 15 is 0 Å². The molecular weight excluding hydrogens is 386 g/mol. The summed E-state index contributed by atoms with van der Waals surface area (Å²) in [6, 6.07) is 20.9. The van der Waals surface area contributed by atoms with Crippen LogP contribution in [0.1, 0.15) is 22.6 Å². The number of benzene rings is 3. The highest BCUT2D eigenvalue weighted by Crippen LogP contribution is 2.44. The number of carbonyl (C=O) groups excluding carboxylic acids is 1. The number of nitrogens with one attached hydrogen (secondary N) is 1. The van der Waals surface area contributed by atoms with Crippen LogP contribution in [0.15, 0.2) is 66.7 Å². The number of phenols is 1. The zero-order chi connectivity index (χ0) is 20.2. The molecule has 0 aromatic heterocycles. The van der Waals surface area contributed by atoms with Gasteiger partial charge in [0.15, 0.2) is 0 Å². The minimum absolute atomic E-state index is 0.0232. The monoisotopic (exact) mass is 403 g/mol. The van der Waals surface area contributed by atoms with Crippen molar-refractivity contribution >= 4 is 17.7 Å². The molecule has 2 N–H and O–H groups in total. The van der Waals surface area contributed by atoms with Gasteiger partial charge < -0.3 is 15.2 Å². The number of aromatic hydroxyl groups is 1. The Kier molecular flexibility index (Phi) is 5.41. The first-order valence-electron chi connectivity index (χ1n) is 9.19. The quantitative estimate of drug-likeness (QED) is 0.609. The first-order chi connectivity index (χ1) is 14.1. The van der Waals surface area contributed by atoms with Crippen LogP contribution in [-0.2, 0) is 4.74 Å². The second-order valence-electron chi connectivity index (χ2n) is 6.65. The molecule has 4 rings (SSSR count). The van der Waals surface area contributed by atoms with Crippen LogP contribution in [0.3, 0.4) is 0 Å². The van der Waals surface area contributed by atoms with Crippen molar-refractivity contribution in [3.05, 3.63) is 88.4 Å². The standard InChI is InChI=1S/C24H18ClNO3/c25-23-14-17(27)12-11-16(23)6-5-13-26-24(28)29-15-22-20-9-3-1-7-18(20)19-8-2-4-10-21(19)22/h1-4,7-12,14,22,27H,13,15H2,(H,26,28). The summed E-state index contributed by atoms with van der Waals surface area (Å²) in [5, 5.41) is 12.3. The third kappa shape index (κ3) is 4.06. The molecule has 1 aliphatic rings. The Morgan fingerprint density at radius 2 is 1.69 bits per heavy atom. The van der Waals surface area contributed by atoms with Gasteiger partial charge in [0.25, 0.3) is 0 Å². The van der Waals surface area contributed by atoms with Crippen LogP contribution < -0.4 is 5.32 Å². The minimum Gasteiger partial charge on any atom is -0.508 e. The predicted octanol–water partition coefficient (Wildman–Crippen LogP) is 4.94. The van der Waals surface area contributed by atoms with Crippen LogP contribution in [0, 0.1) is 11.8 Å². The summed E-state index contributed by atoms with van der Waals surface area (Å²) in [5.74, 6) is 5.78. The van der Waals surface area contributed by atoms with E-state index in [-0.39, 0.29) is 24.8 Å². The van der Waals surface area contributed by atoms with Gasteiger partial charge in [0.1, 0.15) is 12.4 Å². The van der Waals surface area contributed by atoms with Crippen LogP contribution in [0.5, 0.6) is 5.75 Å². The van der Waals surface area contributed by atoms with Crippen molar-refractivity contribution in [2.24, 2.45) is 0 Å². The number of phenolic OH excluding ortho intramolecular Hbond substituents is 1. The molecule has 0 spiro atoms. The highest BCUT2D eigenvalue weighted by atomic mass is 35.5. The second kappa shape index (κ2) is 8.30. The summed E-state index contributed by atoms with van der Waals surface area (Å²) in [5.41, 5.74) is 5.30. The molecule has 144 valence electrons. The molecule has 0 aliphatic heterocycles. The van der Waals surface area contributed by atoms with Crippen molar-refractivity contribution in [2.75, 3.05) is 13.2 Å². The van der Waals surface area contributed by atoms with E-state index in [4.69, 9.17) is 16.3 Å². The maximum absolute atomic E-state index is 12.1. The summed E-state index contributed by atoms with van der Waals surface area (Å²) >= 11 is 6.00. The lowest BCUT2D eigenvalue weighted by Crippen LogP contribution is -2.26. The number of fused-ring (bicyclic) bond motifs is 3. The van der Waals surface area contributed by atoms with E-state index in [9.17, 15) is 9.90 Å². The average molecular weight is 404 g/mol. The Balaban J connectivity index is 1.35. The SMILES string of the molecule is O=C(NCC#Cc1ccc(O)cc1Cl)OCC1c2ccccc2-c2ccccc21. The Bertz CT molecular complexity index is 1080. The van der Waals surface area contributed by atoms with Crippen molar-refractivity contribution in [2.45, 2.75) is 5.92 Å².